The Hall–Kier alpha value is -1.55. The maximum absolute atomic E-state index is 12.1. The molecule has 1 amide bonds. The quantitative estimate of drug-likeness (QED) is 0.680. The molecule has 2 atom stereocenters. The number of piperidine rings is 1. The van der Waals surface area contributed by atoms with Gasteiger partial charge in [0.15, 0.2) is 0 Å². The first-order valence-electron chi connectivity index (χ1n) is 10.0. The second kappa shape index (κ2) is 8.43. The lowest BCUT2D eigenvalue weighted by Crippen LogP contribution is -2.42. The number of amides is 1. The van der Waals surface area contributed by atoms with Crippen molar-refractivity contribution in [1.82, 2.24) is 4.90 Å². The lowest BCUT2D eigenvalue weighted by atomic mass is 9.90. The Labute approximate surface area is 157 Å². The van der Waals surface area contributed by atoms with Gasteiger partial charge < -0.3 is 14.4 Å². The summed E-state index contributed by atoms with van der Waals surface area (Å²) in [6.45, 7) is 9.02. The molecule has 2 fully saturated rings. The van der Waals surface area contributed by atoms with Gasteiger partial charge in [0.2, 0.25) is 0 Å². The van der Waals surface area contributed by atoms with Gasteiger partial charge in [0.05, 0.1) is 6.61 Å². The van der Waals surface area contributed by atoms with E-state index in [1.54, 1.807) is 0 Å². The van der Waals surface area contributed by atoms with Crippen molar-refractivity contribution >= 4 is 6.09 Å². The molecule has 0 bridgehead atoms. The molecule has 3 rings (SSSR count). The van der Waals surface area contributed by atoms with E-state index in [2.05, 4.69) is 24.3 Å². The van der Waals surface area contributed by atoms with Crippen LogP contribution in [0.3, 0.4) is 0 Å². The van der Waals surface area contributed by atoms with Crippen molar-refractivity contribution < 1.29 is 14.3 Å². The molecule has 1 aliphatic carbocycles. The molecule has 26 heavy (non-hydrogen) atoms. The summed E-state index contributed by atoms with van der Waals surface area (Å²) in [6.07, 6.45) is 4.59. The van der Waals surface area contributed by atoms with Gasteiger partial charge in [-0.1, -0.05) is 30.3 Å². The highest BCUT2D eigenvalue weighted by Crippen LogP contribution is 2.49. The summed E-state index contributed by atoms with van der Waals surface area (Å²) in [5.74, 6) is 2.44. The first-order valence-corrected chi connectivity index (χ1v) is 10.0. The van der Waals surface area contributed by atoms with Crippen LogP contribution < -0.4 is 0 Å². The Balaban J connectivity index is 1.30. The molecule has 1 saturated heterocycles. The molecule has 1 aliphatic heterocycles. The summed E-state index contributed by atoms with van der Waals surface area (Å²) in [7, 11) is 0. The van der Waals surface area contributed by atoms with Crippen LogP contribution in [0.5, 0.6) is 0 Å². The average molecular weight is 360 g/mol. The van der Waals surface area contributed by atoms with E-state index in [1.165, 1.54) is 18.4 Å². The molecule has 1 saturated carbocycles. The Morgan fingerprint density at radius 2 is 1.85 bits per heavy atom. The van der Waals surface area contributed by atoms with Crippen LogP contribution in [0.15, 0.2) is 30.3 Å². The van der Waals surface area contributed by atoms with E-state index < -0.39 is 5.60 Å². The molecule has 2 aliphatic rings. The van der Waals surface area contributed by atoms with Crippen molar-refractivity contribution in [2.75, 3.05) is 19.7 Å². The number of rotatable bonds is 6. The number of carbonyl (C=O) groups excluding carboxylic acids is 1. The maximum Gasteiger partial charge on any atom is 0.410 e. The van der Waals surface area contributed by atoms with Crippen LogP contribution in [-0.4, -0.2) is 36.3 Å². The summed E-state index contributed by atoms with van der Waals surface area (Å²) < 4.78 is 11.3. The number of carbonyl (C=O) groups is 1. The number of nitrogens with zero attached hydrogens (tertiary/aromatic N) is 1. The standard InChI is InChI=1S/C22H33NO3/c1-22(2,3)26-21(24)23-12-9-18(10-13-23)20-15-19(20)11-14-25-16-17-7-5-4-6-8-17/h4-8,18-20H,9-16H2,1-3H3/t19-,20-/m0/s1. The van der Waals surface area contributed by atoms with Crippen LogP contribution in [-0.2, 0) is 16.1 Å². The maximum atomic E-state index is 12.1. The summed E-state index contributed by atoms with van der Waals surface area (Å²) >= 11 is 0. The minimum Gasteiger partial charge on any atom is -0.444 e. The zero-order chi connectivity index (χ0) is 18.6. The lowest BCUT2D eigenvalue weighted by Gasteiger charge is -2.33. The van der Waals surface area contributed by atoms with Crippen molar-refractivity contribution in [3.05, 3.63) is 35.9 Å². The molecule has 144 valence electrons. The fraction of sp³-hybridized carbons (Fsp3) is 0.682. The summed E-state index contributed by atoms with van der Waals surface area (Å²) in [6, 6.07) is 10.4. The molecule has 0 N–H and O–H groups in total. The first kappa shape index (κ1) is 19.2. The molecular weight excluding hydrogens is 326 g/mol. The predicted octanol–water partition coefficient (Wildman–Crippen LogP) is 4.88. The third-order valence-electron chi connectivity index (χ3n) is 5.52. The highest BCUT2D eigenvalue weighted by atomic mass is 16.6. The SMILES string of the molecule is CC(C)(C)OC(=O)N1CCC([C@@H]2C[C@@H]2CCOCc2ccccc2)CC1. The molecule has 4 nitrogen and oxygen atoms in total. The van der Waals surface area contributed by atoms with Gasteiger partial charge >= 0.3 is 6.09 Å². The monoisotopic (exact) mass is 359 g/mol. The Morgan fingerprint density at radius 1 is 1.15 bits per heavy atom. The highest BCUT2D eigenvalue weighted by molar-refractivity contribution is 5.68. The van der Waals surface area contributed by atoms with Gasteiger partial charge in [-0.25, -0.2) is 4.79 Å². The zero-order valence-electron chi connectivity index (χ0n) is 16.4. The van der Waals surface area contributed by atoms with Crippen LogP contribution in [0, 0.1) is 17.8 Å². The molecule has 0 aromatic heterocycles. The van der Waals surface area contributed by atoms with Crippen LogP contribution in [0.25, 0.3) is 0 Å². The van der Waals surface area contributed by atoms with E-state index in [4.69, 9.17) is 9.47 Å². The zero-order valence-corrected chi connectivity index (χ0v) is 16.4. The van der Waals surface area contributed by atoms with Gasteiger partial charge in [-0.2, -0.15) is 0 Å². The van der Waals surface area contributed by atoms with E-state index in [0.717, 1.165) is 50.3 Å². The second-order valence-electron chi connectivity index (χ2n) is 8.79. The molecule has 1 aromatic carbocycles. The molecule has 4 heteroatoms. The topological polar surface area (TPSA) is 38.8 Å². The molecule has 1 aromatic rings. The number of hydrogen-bond donors (Lipinski definition) is 0. The third kappa shape index (κ3) is 5.73. The van der Waals surface area contributed by atoms with E-state index in [9.17, 15) is 4.79 Å². The van der Waals surface area contributed by atoms with E-state index in [1.807, 2.05) is 31.7 Å². The number of ether oxygens (including phenoxy) is 2. The lowest BCUT2D eigenvalue weighted by molar-refractivity contribution is 0.0173. The van der Waals surface area contributed by atoms with Crippen molar-refractivity contribution in [3.8, 4) is 0 Å². The summed E-state index contributed by atoms with van der Waals surface area (Å²) in [5.41, 5.74) is 0.837. The van der Waals surface area contributed by atoms with Crippen molar-refractivity contribution in [2.45, 2.75) is 58.7 Å². The molecule has 0 spiro atoms. The van der Waals surface area contributed by atoms with Gasteiger partial charge in [-0.3, -0.25) is 0 Å². The fourth-order valence-electron chi connectivity index (χ4n) is 4.02. The van der Waals surface area contributed by atoms with Crippen LogP contribution in [0.2, 0.25) is 0 Å². The van der Waals surface area contributed by atoms with Gasteiger partial charge in [0.1, 0.15) is 5.60 Å². The fourth-order valence-corrected chi connectivity index (χ4v) is 4.02. The van der Waals surface area contributed by atoms with Gasteiger partial charge in [0.25, 0.3) is 0 Å². The highest BCUT2D eigenvalue weighted by Gasteiger charge is 2.43. The number of benzene rings is 1. The van der Waals surface area contributed by atoms with E-state index in [0.29, 0.717) is 6.61 Å². The second-order valence-corrected chi connectivity index (χ2v) is 8.79. The molecule has 0 radical (unpaired) electrons. The Morgan fingerprint density at radius 3 is 2.50 bits per heavy atom. The van der Waals surface area contributed by atoms with E-state index in [-0.39, 0.29) is 6.09 Å². The van der Waals surface area contributed by atoms with Gasteiger partial charge in [-0.15, -0.1) is 0 Å². The largest absolute Gasteiger partial charge is 0.444 e. The first-order chi connectivity index (χ1) is 12.4. The van der Waals surface area contributed by atoms with Crippen LogP contribution >= 0.6 is 0 Å². The van der Waals surface area contributed by atoms with Gasteiger partial charge in [0, 0.05) is 19.7 Å². The molecule has 1 heterocycles. The van der Waals surface area contributed by atoms with Crippen LogP contribution in [0.4, 0.5) is 4.79 Å². The number of likely N-dealkylation sites (tertiary alicyclic amines) is 1. The van der Waals surface area contributed by atoms with Crippen molar-refractivity contribution in [2.24, 2.45) is 17.8 Å². The average Bonchev–Trinajstić information content (AvgIpc) is 3.38. The number of hydrogen-bond acceptors (Lipinski definition) is 3. The van der Waals surface area contributed by atoms with Crippen molar-refractivity contribution in [1.29, 1.82) is 0 Å². The molecular formula is C22H33NO3. The normalized spacial score (nSPS) is 23.7. The summed E-state index contributed by atoms with van der Waals surface area (Å²) in [4.78, 5) is 14.0. The van der Waals surface area contributed by atoms with Crippen molar-refractivity contribution in [3.63, 3.8) is 0 Å². The Kier molecular flexibility index (Phi) is 6.23. The summed E-state index contributed by atoms with van der Waals surface area (Å²) in [5, 5.41) is 0. The Bertz CT molecular complexity index is 573. The van der Waals surface area contributed by atoms with Crippen LogP contribution in [0.1, 0.15) is 52.0 Å². The smallest absolute Gasteiger partial charge is 0.410 e. The third-order valence-corrected chi connectivity index (χ3v) is 5.52. The predicted molar refractivity (Wildman–Crippen MR) is 103 cm³/mol. The minimum absolute atomic E-state index is 0.155. The van der Waals surface area contributed by atoms with Gasteiger partial charge in [-0.05, 0) is 69.8 Å². The minimum atomic E-state index is -0.407. The molecule has 0 unspecified atom stereocenters. The van der Waals surface area contributed by atoms with E-state index >= 15 is 0 Å².